The van der Waals surface area contributed by atoms with Gasteiger partial charge in [-0.25, -0.2) is 9.88 Å². The average molecular weight is 445 g/mol. The number of carbonyl (C=O) groups is 2. The summed E-state index contributed by atoms with van der Waals surface area (Å²) < 4.78 is 5.73. The van der Waals surface area contributed by atoms with Gasteiger partial charge in [0.15, 0.2) is 0 Å². The van der Waals surface area contributed by atoms with Crippen molar-refractivity contribution in [3.8, 4) is 11.6 Å². The highest BCUT2D eigenvalue weighted by Crippen LogP contribution is 2.37. The van der Waals surface area contributed by atoms with Gasteiger partial charge in [-0.15, -0.1) is 0 Å². The van der Waals surface area contributed by atoms with Crippen LogP contribution in [0.3, 0.4) is 0 Å². The molecule has 2 aliphatic rings. The van der Waals surface area contributed by atoms with Crippen molar-refractivity contribution in [3.63, 3.8) is 0 Å². The van der Waals surface area contributed by atoms with Gasteiger partial charge in [0.1, 0.15) is 12.1 Å². The third-order valence-corrected chi connectivity index (χ3v) is 5.71. The molecule has 3 heterocycles. The Morgan fingerprint density at radius 1 is 0.879 bits per heavy atom. The van der Waals surface area contributed by atoms with E-state index < -0.39 is 16.7 Å². The van der Waals surface area contributed by atoms with Crippen LogP contribution >= 0.6 is 0 Å². The minimum atomic E-state index is -0.535. The van der Waals surface area contributed by atoms with Gasteiger partial charge in [0, 0.05) is 13.1 Å². The van der Waals surface area contributed by atoms with Gasteiger partial charge in [-0.1, -0.05) is 12.1 Å². The summed E-state index contributed by atoms with van der Waals surface area (Å²) in [6, 6.07) is 12.8. The van der Waals surface area contributed by atoms with E-state index in [0.29, 0.717) is 29.9 Å². The van der Waals surface area contributed by atoms with E-state index in [1.54, 1.807) is 36.4 Å². The highest BCUT2D eigenvalue weighted by atomic mass is 16.6. The standard InChI is InChI=1S/C23H19N5O5/c29-22-17-6-2-3-7-18(17)23(30)27(22)15-8-10-16(11-9-15)33-21-19(28(31)32)20(24-14-25-21)26-12-4-1-5-13-26/h2-3,6-11,14H,1,4-5,12-13H2. The van der Waals surface area contributed by atoms with Crippen LogP contribution in [0.15, 0.2) is 54.9 Å². The molecule has 2 amide bonds. The molecule has 0 saturated carbocycles. The number of nitrogens with zero attached hydrogens (tertiary/aromatic N) is 5. The molecule has 0 radical (unpaired) electrons. The summed E-state index contributed by atoms with van der Waals surface area (Å²) in [4.78, 5) is 47.7. The second-order valence-electron chi connectivity index (χ2n) is 7.74. The first kappa shape index (κ1) is 20.6. The Morgan fingerprint density at radius 3 is 2.12 bits per heavy atom. The summed E-state index contributed by atoms with van der Waals surface area (Å²) in [5.41, 5.74) is 0.790. The van der Waals surface area contributed by atoms with E-state index in [1.165, 1.54) is 18.5 Å². The zero-order valence-electron chi connectivity index (χ0n) is 17.5. The maximum Gasteiger partial charge on any atom is 0.373 e. The van der Waals surface area contributed by atoms with E-state index in [1.807, 2.05) is 4.90 Å². The molecule has 1 fully saturated rings. The normalized spacial score (nSPS) is 15.5. The number of hydrogen-bond donors (Lipinski definition) is 0. The fraction of sp³-hybridized carbons (Fsp3) is 0.217. The molecule has 33 heavy (non-hydrogen) atoms. The minimum absolute atomic E-state index is 0.163. The predicted octanol–water partition coefficient (Wildman–Crippen LogP) is 3.97. The lowest BCUT2D eigenvalue weighted by molar-refractivity contribution is -0.385. The van der Waals surface area contributed by atoms with Crippen molar-refractivity contribution in [2.45, 2.75) is 19.3 Å². The fourth-order valence-corrected chi connectivity index (χ4v) is 4.12. The highest BCUT2D eigenvalue weighted by molar-refractivity contribution is 6.34. The van der Waals surface area contributed by atoms with E-state index in [-0.39, 0.29) is 23.1 Å². The second kappa shape index (κ2) is 8.30. The van der Waals surface area contributed by atoms with Crippen molar-refractivity contribution in [3.05, 3.63) is 76.1 Å². The molecule has 1 aromatic heterocycles. The molecule has 10 heteroatoms. The number of amides is 2. The number of anilines is 2. The predicted molar refractivity (Wildman–Crippen MR) is 119 cm³/mol. The number of fused-ring (bicyclic) bond motifs is 1. The molecule has 0 N–H and O–H groups in total. The van der Waals surface area contributed by atoms with Crippen LogP contribution < -0.4 is 14.5 Å². The Balaban J connectivity index is 1.41. The molecule has 1 saturated heterocycles. The molecule has 2 aromatic carbocycles. The Hall–Kier alpha value is -4.34. The fourth-order valence-electron chi connectivity index (χ4n) is 4.12. The number of ether oxygens (including phenoxy) is 1. The molecule has 10 nitrogen and oxygen atoms in total. The molecule has 0 aliphatic carbocycles. The largest absolute Gasteiger partial charge is 0.434 e. The van der Waals surface area contributed by atoms with Crippen LogP contribution in [0.5, 0.6) is 11.6 Å². The van der Waals surface area contributed by atoms with Gasteiger partial charge in [0.05, 0.1) is 21.7 Å². The van der Waals surface area contributed by atoms with Gasteiger partial charge in [-0.2, -0.15) is 4.98 Å². The third-order valence-electron chi connectivity index (χ3n) is 5.71. The monoisotopic (exact) mass is 445 g/mol. The van der Waals surface area contributed by atoms with Crippen LogP contribution in [0.2, 0.25) is 0 Å². The number of nitro groups is 1. The maximum atomic E-state index is 12.7. The van der Waals surface area contributed by atoms with E-state index >= 15 is 0 Å². The molecule has 0 spiro atoms. The summed E-state index contributed by atoms with van der Waals surface area (Å²) in [7, 11) is 0. The number of aromatic nitrogens is 2. The molecule has 0 unspecified atom stereocenters. The van der Waals surface area contributed by atoms with E-state index in [9.17, 15) is 19.7 Å². The topological polar surface area (TPSA) is 119 Å². The number of benzene rings is 2. The van der Waals surface area contributed by atoms with Crippen molar-refractivity contribution in [2.24, 2.45) is 0 Å². The summed E-state index contributed by atoms with van der Waals surface area (Å²) in [5.74, 6) is -0.443. The first-order valence-electron chi connectivity index (χ1n) is 10.5. The molecule has 166 valence electrons. The van der Waals surface area contributed by atoms with Crippen LogP contribution in [0.1, 0.15) is 40.0 Å². The lowest BCUT2D eigenvalue weighted by atomic mass is 10.1. The van der Waals surface area contributed by atoms with Crippen molar-refractivity contribution < 1.29 is 19.2 Å². The Kier molecular flexibility index (Phi) is 5.17. The number of piperidine rings is 1. The first-order valence-corrected chi connectivity index (χ1v) is 10.5. The van der Waals surface area contributed by atoms with Gasteiger partial charge in [0.25, 0.3) is 11.8 Å². The summed E-state index contributed by atoms with van der Waals surface area (Å²) >= 11 is 0. The highest BCUT2D eigenvalue weighted by Gasteiger charge is 2.36. The SMILES string of the molecule is O=C1c2ccccc2C(=O)N1c1ccc(Oc2ncnc(N3CCCCC3)c2[N+](=O)[O-])cc1. The number of imide groups is 1. The smallest absolute Gasteiger partial charge is 0.373 e. The first-order chi connectivity index (χ1) is 16.0. The third kappa shape index (κ3) is 3.65. The van der Waals surface area contributed by atoms with Crippen molar-refractivity contribution >= 4 is 29.0 Å². The Morgan fingerprint density at radius 2 is 1.52 bits per heavy atom. The molecule has 0 bridgehead atoms. The molecule has 2 aliphatic heterocycles. The maximum absolute atomic E-state index is 12.7. The molecular weight excluding hydrogens is 426 g/mol. The van der Waals surface area contributed by atoms with Crippen LogP contribution in [-0.4, -0.2) is 39.8 Å². The van der Waals surface area contributed by atoms with E-state index in [0.717, 1.165) is 24.2 Å². The minimum Gasteiger partial charge on any atom is -0.434 e. The van der Waals surface area contributed by atoms with Crippen molar-refractivity contribution in [1.29, 1.82) is 0 Å². The summed E-state index contributed by atoms with van der Waals surface area (Å²) in [6.07, 6.45) is 4.21. The Labute approximate surface area is 188 Å². The van der Waals surface area contributed by atoms with Gasteiger partial charge in [0.2, 0.25) is 5.82 Å². The van der Waals surface area contributed by atoms with E-state index in [2.05, 4.69) is 9.97 Å². The number of carbonyl (C=O) groups excluding carboxylic acids is 2. The van der Waals surface area contributed by atoms with Crippen LogP contribution in [0.4, 0.5) is 17.2 Å². The van der Waals surface area contributed by atoms with Crippen molar-refractivity contribution in [1.82, 2.24) is 9.97 Å². The van der Waals surface area contributed by atoms with Crippen LogP contribution in [0, 0.1) is 10.1 Å². The number of rotatable bonds is 5. The molecule has 0 atom stereocenters. The van der Waals surface area contributed by atoms with Crippen molar-refractivity contribution in [2.75, 3.05) is 22.9 Å². The van der Waals surface area contributed by atoms with Gasteiger partial charge in [-0.05, 0) is 55.7 Å². The molecular formula is C23H19N5O5. The lowest BCUT2D eigenvalue weighted by Gasteiger charge is -2.27. The molecule has 5 rings (SSSR count). The zero-order valence-corrected chi connectivity index (χ0v) is 17.5. The Bertz CT molecular complexity index is 1220. The van der Waals surface area contributed by atoms with Crippen LogP contribution in [-0.2, 0) is 0 Å². The second-order valence-corrected chi connectivity index (χ2v) is 7.74. The van der Waals surface area contributed by atoms with E-state index in [4.69, 9.17) is 4.74 Å². The van der Waals surface area contributed by atoms with Gasteiger partial charge in [-0.3, -0.25) is 19.7 Å². The lowest BCUT2D eigenvalue weighted by Crippen LogP contribution is -2.31. The van der Waals surface area contributed by atoms with Crippen LogP contribution in [0.25, 0.3) is 0 Å². The number of hydrogen-bond acceptors (Lipinski definition) is 8. The molecule has 3 aromatic rings. The van der Waals surface area contributed by atoms with Gasteiger partial charge >= 0.3 is 11.6 Å². The van der Waals surface area contributed by atoms with Gasteiger partial charge < -0.3 is 9.64 Å². The quantitative estimate of drug-likeness (QED) is 0.329. The summed E-state index contributed by atoms with van der Waals surface area (Å²) in [6.45, 7) is 1.37. The summed E-state index contributed by atoms with van der Waals surface area (Å²) in [5, 5.41) is 11.8. The average Bonchev–Trinajstić information content (AvgIpc) is 3.10. The zero-order chi connectivity index (χ0) is 22.9.